The summed E-state index contributed by atoms with van der Waals surface area (Å²) in [4.78, 5) is 13.4. The molecule has 0 bridgehead atoms. The Hall–Kier alpha value is -0.610. The van der Waals surface area contributed by atoms with Crippen LogP contribution in [0.5, 0.6) is 0 Å². The van der Waals surface area contributed by atoms with Crippen molar-refractivity contribution in [2.24, 2.45) is 0 Å². The molecule has 0 aliphatic carbocycles. The smallest absolute Gasteiger partial charge is 0.236 e. The quantitative estimate of drug-likeness (QED) is 0.613. The van der Waals surface area contributed by atoms with Crippen molar-refractivity contribution in [2.45, 2.75) is 25.7 Å². The first-order valence-electron chi connectivity index (χ1n) is 5.44. The van der Waals surface area contributed by atoms with Crippen molar-refractivity contribution in [3.63, 3.8) is 0 Å². The molecule has 0 aromatic carbocycles. The Labute approximate surface area is 85.3 Å². The van der Waals surface area contributed by atoms with Crippen LogP contribution in [0.2, 0.25) is 0 Å². The second kappa shape index (κ2) is 6.79. The van der Waals surface area contributed by atoms with Gasteiger partial charge in [0.1, 0.15) is 0 Å². The van der Waals surface area contributed by atoms with E-state index >= 15 is 0 Å². The molecule has 0 spiro atoms. The van der Waals surface area contributed by atoms with E-state index < -0.39 is 0 Å². The number of carbonyl (C=O) groups excluding carboxylic acids is 1. The molecule has 1 fully saturated rings. The Morgan fingerprint density at radius 3 is 3.00 bits per heavy atom. The van der Waals surface area contributed by atoms with E-state index in [1.54, 1.807) is 0 Å². The molecule has 0 atom stereocenters. The van der Waals surface area contributed by atoms with Crippen molar-refractivity contribution in [3.05, 3.63) is 0 Å². The standard InChI is InChI=1S/C10H20N2O2/c13-8-3-1-2-6-12-7-4-5-11-9-10(12)14/h11,13H,1-9H2. The molecule has 4 nitrogen and oxygen atoms in total. The monoisotopic (exact) mass is 200 g/mol. The lowest BCUT2D eigenvalue weighted by Crippen LogP contribution is -2.35. The van der Waals surface area contributed by atoms with Crippen LogP contribution in [-0.4, -0.2) is 48.7 Å². The molecule has 0 aromatic heterocycles. The van der Waals surface area contributed by atoms with E-state index in [1.165, 1.54) is 0 Å². The predicted molar refractivity (Wildman–Crippen MR) is 55.0 cm³/mol. The highest BCUT2D eigenvalue weighted by Gasteiger charge is 2.14. The number of unbranched alkanes of at least 4 members (excludes halogenated alkanes) is 2. The summed E-state index contributed by atoms with van der Waals surface area (Å²) in [5.41, 5.74) is 0. The van der Waals surface area contributed by atoms with E-state index in [0.717, 1.165) is 45.3 Å². The number of amides is 1. The lowest BCUT2D eigenvalue weighted by molar-refractivity contribution is -0.129. The molecule has 2 N–H and O–H groups in total. The van der Waals surface area contributed by atoms with Gasteiger partial charge in [0.05, 0.1) is 6.54 Å². The summed E-state index contributed by atoms with van der Waals surface area (Å²) in [5, 5.41) is 11.7. The molecule has 0 saturated carbocycles. The largest absolute Gasteiger partial charge is 0.396 e. The number of rotatable bonds is 5. The Morgan fingerprint density at radius 2 is 2.21 bits per heavy atom. The lowest BCUT2D eigenvalue weighted by Gasteiger charge is -2.19. The number of hydrogen-bond acceptors (Lipinski definition) is 3. The molecule has 1 amide bonds. The van der Waals surface area contributed by atoms with E-state index in [0.29, 0.717) is 6.54 Å². The van der Waals surface area contributed by atoms with Crippen LogP contribution >= 0.6 is 0 Å². The second-order valence-electron chi connectivity index (χ2n) is 3.70. The second-order valence-corrected chi connectivity index (χ2v) is 3.70. The van der Waals surface area contributed by atoms with Crippen molar-refractivity contribution in [1.82, 2.24) is 10.2 Å². The third-order valence-electron chi connectivity index (χ3n) is 2.50. The summed E-state index contributed by atoms with van der Waals surface area (Å²) in [6.07, 6.45) is 3.91. The Bertz CT molecular complexity index is 174. The minimum absolute atomic E-state index is 0.214. The van der Waals surface area contributed by atoms with Crippen LogP contribution < -0.4 is 5.32 Å². The lowest BCUT2D eigenvalue weighted by atomic mass is 10.2. The first kappa shape index (κ1) is 11.5. The van der Waals surface area contributed by atoms with Gasteiger partial charge in [-0.1, -0.05) is 0 Å². The van der Waals surface area contributed by atoms with Crippen molar-refractivity contribution < 1.29 is 9.90 Å². The van der Waals surface area contributed by atoms with Crippen LogP contribution in [0.15, 0.2) is 0 Å². The van der Waals surface area contributed by atoms with E-state index in [1.807, 2.05) is 4.90 Å². The minimum atomic E-state index is 0.214. The summed E-state index contributed by atoms with van der Waals surface area (Å²) in [7, 11) is 0. The van der Waals surface area contributed by atoms with Crippen LogP contribution in [0.1, 0.15) is 25.7 Å². The van der Waals surface area contributed by atoms with Crippen LogP contribution in [0.25, 0.3) is 0 Å². The number of hydrogen-bond donors (Lipinski definition) is 2. The number of carbonyl (C=O) groups is 1. The maximum absolute atomic E-state index is 11.5. The summed E-state index contributed by atoms with van der Waals surface area (Å²) < 4.78 is 0. The van der Waals surface area contributed by atoms with Crippen LogP contribution in [0.3, 0.4) is 0 Å². The maximum Gasteiger partial charge on any atom is 0.236 e. The minimum Gasteiger partial charge on any atom is -0.396 e. The highest BCUT2D eigenvalue weighted by molar-refractivity contribution is 5.78. The maximum atomic E-state index is 11.5. The fourth-order valence-electron chi connectivity index (χ4n) is 1.65. The zero-order chi connectivity index (χ0) is 10.2. The van der Waals surface area contributed by atoms with Gasteiger partial charge >= 0.3 is 0 Å². The van der Waals surface area contributed by atoms with Crippen molar-refractivity contribution in [2.75, 3.05) is 32.8 Å². The van der Waals surface area contributed by atoms with Gasteiger partial charge in [-0.3, -0.25) is 4.79 Å². The van der Waals surface area contributed by atoms with Gasteiger partial charge in [0.25, 0.3) is 0 Å². The summed E-state index contributed by atoms with van der Waals surface area (Å²) in [6.45, 7) is 3.42. The van der Waals surface area contributed by atoms with Gasteiger partial charge in [0.2, 0.25) is 5.91 Å². The SMILES string of the molecule is O=C1CNCCCN1CCCCCO. The van der Waals surface area contributed by atoms with E-state index in [4.69, 9.17) is 5.11 Å². The molecule has 0 aromatic rings. The van der Waals surface area contributed by atoms with Crippen LogP contribution in [-0.2, 0) is 4.79 Å². The zero-order valence-corrected chi connectivity index (χ0v) is 8.67. The number of aliphatic hydroxyl groups is 1. The molecule has 82 valence electrons. The molecule has 1 rings (SSSR count). The normalized spacial score (nSPS) is 18.4. The van der Waals surface area contributed by atoms with Crippen LogP contribution in [0.4, 0.5) is 0 Å². The van der Waals surface area contributed by atoms with Gasteiger partial charge in [-0.25, -0.2) is 0 Å². The first-order valence-corrected chi connectivity index (χ1v) is 5.44. The highest BCUT2D eigenvalue weighted by atomic mass is 16.2. The molecule has 0 radical (unpaired) electrons. The summed E-state index contributed by atoms with van der Waals surface area (Å²) >= 11 is 0. The molecule has 4 heteroatoms. The average Bonchev–Trinajstić information content (AvgIpc) is 2.39. The fraction of sp³-hybridized carbons (Fsp3) is 0.900. The van der Waals surface area contributed by atoms with Gasteiger partial charge in [-0.05, 0) is 32.2 Å². The van der Waals surface area contributed by atoms with Gasteiger partial charge in [-0.15, -0.1) is 0 Å². The summed E-state index contributed by atoms with van der Waals surface area (Å²) in [5.74, 6) is 0.214. The molecule has 1 aliphatic rings. The topological polar surface area (TPSA) is 52.6 Å². The molecule has 0 unspecified atom stereocenters. The first-order chi connectivity index (χ1) is 6.84. The number of nitrogens with zero attached hydrogens (tertiary/aromatic N) is 1. The Kier molecular flexibility index (Phi) is 5.56. The third-order valence-corrected chi connectivity index (χ3v) is 2.50. The highest BCUT2D eigenvalue weighted by Crippen LogP contribution is 2.02. The number of nitrogens with one attached hydrogen (secondary N) is 1. The zero-order valence-electron chi connectivity index (χ0n) is 8.67. The van der Waals surface area contributed by atoms with Gasteiger partial charge < -0.3 is 15.3 Å². The van der Waals surface area contributed by atoms with Gasteiger partial charge in [0, 0.05) is 19.7 Å². The van der Waals surface area contributed by atoms with E-state index in [2.05, 4.69) is 5.32 Å². The van der Waals surface area contributed by atoms with E-state index in [9.17, 15) is 4.79 Å². The fourth-order valence-corrected chi connectivity index (χ4v) is 1.65. The number of aliphatic hydroxyl groups excluding tert-OH is 1. The van der Waals surface area contributed by atoms with E-state index in [-0.39, 0.29) is 12.5 Å². The predicted octanol–water partition coefficient (Wildman–Crippen LogP) is -0.0291. The Balaban J connectivity index is 2.16. The molecule has 1 saturated heterocycles. The molecular formula is C10H20N2O2. The molecule has 1 heterocycles. The van der Waals surface area contributed by atoms with Gasteiger partial charge in [-0.2, -0.15) is 0 Å². The molecule has 1 aliphatic heterocycles. The molecular weight excluding hydrogens is 180 g/mol. The van der Waals surface area contributed by atoms with Crippen molar-refractivity contribution in [1.29, 1.82) is 0 Å². The van der Waals surface area contributed by atoms with Gasteiger partial charge in [0.15, 0.2) is 0 Å². The Morgan fingerprint density at radius 1 is 1.36 bits per heavy atom. The summed E-state index contributed by atoms with van der Waals surface area (Å²) in [6, 6.07) is 0. The van der Waals surface area contributed by atoms with Crippen molar-refractivity contribution >= 4 is 5.91 Å². The van der Waals surface area contributed by atoms with Crippen molar-refractivity contribution in [3.8, 4) is 0 Å². The third kappa shape index (κ3) is 4.07. The average molecular weight is 200 g/mol. The van der Waals surface area contributed by atoms with Crippen LogP contribution in [0, 0.1) is 0 Å². The molecule has 14 heavy (non-hydrogen) atoms.